The summed E-state index contributed by atoms with van der Waals surface area (Å²) in [4.78, 5) is 26.1. The van der Waals surface area contributed by atoms with Crippen molar-refractivity contribution in [3.63, 3.8) is 0 Å². The summed E-state index contributed by atoms with van der Waals surface area (Å²) in [5.74, 6) is 1.56. The van der Waals surface area contributed by atoms with Crippen LogP contribution >= 0.6 is 0 Å². The van der Waals surface area contributed by atoms with Gasteiger partial charge in [0.05, 0.1) is 31.2 Å². The number of aromatic nitrogens is 2. The minimum atomic E-state index is -0.288. The van der Waals surface area contributed by atoms with Crippen LogP contribution in [0.3, 0.4) is 0 Å². The third-order valence-corrected chi connectivity index (χ3v) is 4.65. The number of nitrogens with zero attached hydrogens (tertiary/aromatic N) is 4. The summed E-state index contributed by atoms with van der Waals surface area (Å²) in [7, 11) is 5.23. The fraction of sp³-hybridized carbons (Fsp3) is 0.421. The lowest BCUT2D eigenvalue weighted by Gasteiger charge is -2.32. The lowest BCUT2D eigenvalue weighted by molar-refractivity contribution is 0.102. The number of methoxy groups -OCH3 is 2. The second-order valence-corrected chi connectivity index (χ2v) is 6.48. The first kappa shape index (κ1) is 18.9. The SMILES string of the molecule is COc1ccc(OC)c(NC(=O)c2cnc(N3CCN(C)CC3)nc2C)c1. The molecule has 1 saturated heterocycles. The Morgan fingerprint density at radius 1 is 1.15 bits per heavy atom. The number of carbonyl (C=O) groups is 1. The van der Waals surface area contributed by atoms with E-state index in [1.165, 1.54) is 0 Å². The zero-order valence-corrected chi connectivity index (χ0v) is 16.2. The van der Waals surface area contributed by atoms with E-state index in [2.05, 4.69) is 32.1 Å². The van der Waals surface area contributed by atoms with Gasteiger partial charge in [0.2, 0.25) is 5.95 Å². The van der Waals surface area contributed by atoms with Crippen LogP contribution in [0.15, 0.2) is 24.4 Å². The van der Waals surface area contributed by atoms with Crippen molar-refractivity contribution in [3.05, 3.63) is 35.7 Å². The van der Waals surface area contributed by atoms with E-state index in [9.17, 15) is 4.79 Å². The number of carbonyl (C=O) groups excluding carboxylic acids is 1. The molecule has 8 nitrogen and oxygen atoms in total. The number of nitrogens with one attached hydrogen (secondary N) is 1. The van der Waals surface area contributed by atoms with E-state index in [-0.39, 0.29) is 5.91 Å². The van der Waals surface area contributed by atoms with Gasteiger partial charge in [0.25, 0.3) is 5.91 Å². The van der Waals surface area contributed by atoms with Crippen LogP contribution in [-0.2, 0) is 0 Å². The van der Waals surface area contributed by atoms with E-state index in [1.807, 2.05) is 6.92 Å². The zero-order valence-electron chi connectivity index (χ0n) is 16.2. The Bertz CT molecular complexity index is 819. The molecule has 27 heavy (non-hydrogen) atoms. The Morgan fingerprint density at radius 2 is 1.89 bits per heavy atom. The predicted octanol–water partition coefficient (Wildman–Crippen LogP) is 1.81. The highest BCUT2D eigenvalue weighted by Gasteiger charge is 2.19. The van der Waals surface area contributed by atoms with Crippen LogP contribution in [0.4, 0.5) is 11.6 Å². The summed E-state index contributed by atoms with van der Waals surface area (Å²) in [6.07, 6.45) is 1.58. The fourth-order valence-corrected chi connectivity index (χ4v) is 2.94. The molecular weight excluding hydrogens is 346 g/mol. The lowest BCUT2D eigenvalue weighted by atomic mass is 10.2. The van der Waals surface area contributed by atoms with Gasteiger partial charge < -0.3 is 24.6 Å². The van der Waals surface area contributed by atoms with E-state index in [1.54, 1.807) is 38.6 Å². The van der Waals surface area contributed by atoms with E-state index in [0.717, 1.165) is 26.2 Å². The van der Waals surface area contributed by atoms with Crippen molar-refractivity contribution in [1.29, 1.82) is 0 Å². The van der Waals surface area contributed by atoms with Crippen molar-refractivity contribution in [3.8, 4) is 11.5 Å². The molecule has 1 aliphatic rings. The minimum Gasteiger partial charge on any atom is -0.497 e. The summed E-state index contributed by atoms with van der Waals surface area (Å²) in [6, 6.07) is 5.23. The highest BCUT2D eigenvalue weighted by molar-refractivity contribution is 6.05. The molecule has 0 atom stereocenters. The normalized spacial score (nSPS) is 14.7. The summed E-state index contributed by atoms with van der Waals surface area (Å²) < 4.78 is 10.5. The standard InChI is InChI=1S/C19H25N5O3/c1-13-15(12-20-19(21-13)24-9-7-23(2)8-10-24)18(25)22-16-11-14(26-3)5-6-17(16)27-4/h5-6,11-12H,7-10H2,1-4H3,(H,22,25). The molecule has 0 aliphatic carbocycles. The molecule has 0 spiro atoms. The molecule has 1 aliphatic heterocycles. The van der Waals surface area contributed by atoms with Crippen molar-refractivity contribution >= 4 is 17.5 Å². The number of rotatable bonds is 5. The molecule has 8 heteroatoms. The van der Waals surface area contributed by atoms with E-state index in [4.69, 9.17) is 9.47 Å². The topological polar surface area (TPSA) is 79.8 Å². The summed E-state index contributed by atoms with van der Waals surface area (Å²) in [5.41, 5.74) is 1.60. The Morgan fingerprint density at radius 3 is 2.52 bits per heavy atom. The number of ether oxygens (including phenoxy) is 2. The Kier molecular flexibility index (Phi) is 5.75. The number of aryl methyl sites for hydroxylation is 1. The average Bonchev–Trinajstić information content (AvgIpc) is 2.68. The van der Waals surface area contributed by atoms with Crippen molar-refractivity contribution in [2.24, 2.45) is 0 Å². The molecule has 1 aromatic heterocycles. The number of hydrogen-bond donors (Lipinski definition) is 1. The third kappa shape index (κ3) is 4.28. The van der Waals surface area contributed by atoms with E-state index < -0.39 is 0 Å². The molecule has 1 aromatic carbocycles. The van der Waals surface area contributed by atoms with Gasteiger partial charge in [-0.15, -0.1) is 0 Å². The van der Waals surface area contributed by atoms with Gasteiger partial charge in [-0.25, -0.2) is 9.97 Å². The second-order valence-electron chi connectivity index (χ2n) is 6.48. The van der Waals surface area contributed by atoms with Gasteiger partial charge >= 0.3 is 0 Å². The molecule has 0 unspecified atom stereocenters. The third-order valence-electron chi connectivity index (χ3n) is 4.65. The van der Waals surface area contributed by atoms with Crippen LogP contribution in [0, 0.1) is 6.92 Å². The van der Waals surface area contributed by atoms with Gasteiger partial charge in [-0.1, -0.05) is 0 Å². The molecular formula is C19H25N5O3. The van der Waals surface area contributed by atoms with Crippen LogP contribution in [0.5, 0.6) is 11.5 Å². The zero-order chi connectivity index (χ0) is 19.4. The maximum absolute atomic E-state index is 12.7. The molecule has 0 bridgehead atoms. The monoisotopic (exact) mass is 371 g/mol. The Hall–Kier alpha value is -2.87. The molecule has 3 rings (SSSR count). The van der Waals surface area contributed by atoms with Crippen molar-refractivity contribution in [2.45, 2.75) is 6.92 Å². The minimum absolute atomic E-state index is 0.288. The van der Waals surface area contributed by atoms with Gasteiger partial charge in [-0.2, -0.15) is 0 Å². The number of likely N-dealkylation sites (N-methyl/N-ethyl adjacent to an activating group) is 1. The first-order valence-corrected chi connectivity index (χ1v) is 8.82. The van der Waals surface area contributed by atoms with Crippen molar-refractivity contribution < 1.29 is 14.3 Å². The number of hydrogen-bond acceptors (Lipinski definition) is 7. The molecule has 0 saturated carbocycles. The summed E-state index contributed by atoms with van der Waals surface area (Å²) in [5, 5.41) is 2.85. The smallest absolute Gasteiger partial charge is 0.259 e. The summed E-state index contributed by atoms with van der Waals surface area (Å²) in [6.45, 7) is 5.52. The van der Waals surface area contributed by atoms with Crippen LogP contribution < -0.4 is 19.7 Å². The van der Waals surface area contributed by atoms with Crippen molar-refractivity contribution in [1.82, 2.24) is 14.9 Å². The highest BCUT2D eigenvalue weighted by Crippen LogP contribution is 2.29. The van der Waals surface area contributed by atoms with Crippen LogP contribution in [-0.4, -0.2) is 68.2 Å². The summed E-state index contributed by atoms with van der Waals surface area (Å²) >= 11 is 0. The molecule has 2 aromatic rings. The molecule has 1 fully saturated rings. The molecule has 1 N–H and O–H groups in total. The fourth-order valence-electron chi connectivity index (χ4n) is 2.94. The second kappa shape index (κ2) is 8.22. The lowest BCUT2D eigenvalue weighted by Crippen LogP contribution is -2.45. The van der Waals surface area contributed by atoms with Gasteiger partial charge in [0.15, 0.2) is 0 Å². The highest BCUT2D eigenvalue weighted by atomic mass is 16.5. The number of anilines is 2. The molecule has 2 heterocycles. The Labute approximate surface area is 159 Å². The predicted molar refractivity (Wildman–Crippen MR) is 104 cm³/mol. The average molecular weight is 371 g/mol. The van der Waals surface area contributed by atoms with Crippen LogP contribution in [0.1, 0.15) is 16.1 Å². The maximum atomic E-state index is 12.7. The Balaban J connectivity index is 1.77. The number of piperazine rings is 1. The van der Waals surface area contributed by atoms with Crippen LogP contribution in [0.25, 0.3) is 0 Å². The first-order chi connectivity index (χ1) is 13.0. The van der Waals surface area contributed by atoms with Crippen molar-refractivity contribution in [2.75, 3.05) is 57.7 Å². The van der Waals surface area contributed by atoms with Gasteiger partial charge in [0, 0.05) is 38.4 Å². The van der Waals surface area contributed by atoms with Gasteiger partial charge in [-0.05, 0) is 26.1 Å². The number of amides is 1. The van der Waals surface area contributed by atoms with E-state index >= 15 is 0 Å². The van der Waals surface area contributed by atoms with E-state index in [0.29, 0.717) is 34.4 Å². The molecule has 0 radical (unpaired) electrons. The van der Waals surface area contributed by atoms with Gasteiger partial charge in [0.1, 0.15) is 11.5 Å². The van der Waals surface area contributed by atoms with Crippen LogP contribution in [0.2, 0.25) is 0 Å². The largest absolute Gasteiger partial charge is 0.497 e. The molecule has 1 amide bonds. The van der Waals surface area contributed by atoms with Gasteiger partial charge in [-0.3, -0.25) is 4.79 Å². The quantitative estimate of drug-likeness (QED) is 0.858. The maximum Gasteiger partial charge on any atom is 0.259 e. The first-order valence-electron chi connectivity index (χ1n) is 8.82. The molecule has 144 valence electrons. The number of benzene rings is 1.